The van der Waals surface area contributed by atoms with Crippen molar-refractivity contribution in [1.82, 2.24) is 14.5 Å². The topological polar surface area (TPSA) is 65.3 Å². The SMILES string of the molecule is CCn1c(=O)n(CCC(=O)NCc2ccccc2OC(F)F)c2ccccc21. The van der Waals surface area contributed by atoms with E-state index in [-0.39, 0.29) is 36.9 Å². The van der Waals surface area contributed by atoms with Gasteiger partial charge in [-0.25, -0.2) is 4.79 Å². The Morgan fingerprint density at radius 1 is 1.07 bits per heavy atom. The molecular weight excluding hydrogens is 368 g/mol. The number of halogens is 2. The van der Waals surface area contributed by atoms with Crippen LogP contribution in [0.25, 0.3) is 11.0 Å². The highest BCUT2D eigenvalue weighted by atomic mass is 19.3. The summed E-state index contributed by atoms with van der Waals surface area (Å²) in [5.41, 5.74) is 1.90. The first-order chi connectivity index (χ1) is 13.5. The van der Waals surface area contributed by atoms with E-state index >= 15 is 0 Å². The Morgan fingerprint density at radius 2 is 1.71 bits per heavy atom. The summed E-state index contributed by atoms with van der Waals surface area (Å²) in [6, 6.07) is 13.7. The number of alkyl halides is 2. The van der Waals surface area contributed by atoms with Gasteiger partial charge in [0.15, 0.2) is 0 Å². The first-order valence-corrected chi connectivity index (χ1v) is 8.98. The number of carbonyl (C=O) groups excluding carboxylic acids is 1. The van der Waals surface area contributed by atoms with Gasteiger partial charge in [0.05, 0.1) is 11.0 Å². The number of hydrogen-bond donors (Lipinski definition) is 1. The summed E-state index contributed by atoms with van der Waals surface area (Å²) in [5.74, 6) is -0.257. The van der Waals surface area contributed by atoms with Crippen LogP contribution in [0.5, 0.6) is 5.75 Å². The summed E-state index contributed by atoms with van der Waals surface area (Å²) in [7, 11) is 0. The van der Waals surface area contributed by atoms with Gasteiger partial charge in [0, 0.05) is 31.6 Å². The van der Waals surface area contributed by atoms with Crippen LogP contribution in [0.3, 0.4) is 0 Å². The Balaban J connectivity index is 1.66. The Morgan fingerprint density at radius 3 is 2.39 bits per heavy atom. The van der Waals surface area contributed by atoms with Crippen molar-refractivity contribution in [2.45, 2.75) is 39.6 Å². The molecule has 6 nitrogen and oxygen atoms in total. The molecule has 8 heteroatoms. The molecular formula is C20H21F2N3O3. The molecule has 3 aromatic rings. The van der Waals surface area contributed by atoms with Crippen LogP contribution in [0, 0.1) is 0 Å². The fraction of sp³-hybridized carbons (Fsp3) is 0.300. The van der Waals surface area contributed by atoms with E-state index < -0.39 is 6.61 Å². The molecule has 1 heterocycles. The van der Waals surface area contributed by atoms with Crippen LogP contribution in [0.4, 0.5) is 8.78 Å². The van der Waals surface area contributed by atoms with Crippen molar-refractivity contribution in [2.75, 3.05) is 0 Å². The molecule has 1 amide bonds. The van der Waals surface area contributed by atoms with E-state index in [9.17, 15) is 18.4 Å². The number of imidazole rings is 1. The molecule has 0 aliphatic carbocycles. The smallest absolute Gasteiger partial charge is 0.387 e. The summed E-state index contributed by atoms with van der Waals surface area (Å²) < 4.78 is 32.6. The quantitative estimate of drug-likeness (QED) is 0.644. The lowest BCUT2D eigenvalue weighted by Crippen LogP contribution is -2.28. The number of nitrogens with one attached hydrogen (secondary N) is 1. The molecule has 0 radical (unpaired) electrons. The predicted octanol–water partition coefficient (Wildman–Crippen LogP) is 3.13. The highest BCUT2D eigenvalue weighted by molar-refractivity contribution is 5.78. The van der Waals surface area contributed by atoms with Gasteiger partial charge in [-0.2, -0.15) is 8.78 Å². The van der Waals surface area contributed by atoms with Gasteiger partial charge in [0.25, 0.3) is 0 Å². The lowest BCUT2D eigenvalue weighted by Gasteiger charge is -2.11. The molecule has 28 heavy (non-hydrogen) atoms. The monoisotopic (exact) mass is 389 g/mol. The minimum atomic E-state index is -2.93. The van der Waals surface area contributed by atoms with Crippen LogP contribution in [-0.4, -0.2) is 21.7 Å². The van der Waals surface area contributed by atoms with Crippen molar-refractivity contribution in [2.24, 2.45) is 0 Å². The molecule has 0 atom stereocenters. The standard InChI is InChI=1S/C20H21F2N3O3/c1-2-24-15-8-4-5-9-16(15)25(20(24)27)12-11-18(26)23-13-14-7-3-6-10-17(14)28-19(21)22/h3-10,19H,2,11-13H2,1H3,(H,23,26). The van der Waals surface area contributed by atoms with Crippen LogP contribution in [-0.2, 0) is 24.4 Å². The maximum Gasteiger partial charge on any atom is 0.387 e. The van der Waals surface area contributed by atoms with Crippen LogP contribution in [0.15, 0.2) is 53.3 Å². The van der Waals surface area contributed by atoms with Crippen molar-refractivity contribution in [1.29, 1.82) is 0 Å². The molecule has 0 saturated heterocycles. The highest BCUT2D eigenvalue weighted by Crippen LogP contribution is 2.20. The normalized spacial score (nSPS) is 11.1. The number of rotatable bonds is 8. The molecule has 0 aliphatic heterocycles. The van der Waals surface area contributed by atoms with Crippen LogP contribution in [0.2, 0.25) is 0 Å². The zero-order valence-electron chi connectivity index (χ0n) is 15.4. The van der Waals surface area contributed by atoms with E-state index in [2.05, 4.69) is 10.1 Å². The number of ether oxygens (including phenoxy) is 1. The number of amides is 1. The van der Waals surface area contributed by atoms with E-state index in [4.69, 9.17) is 0 Å². The molecule has 0 aliphatic rings. The second kappa shape index (κ2) is 8.69. The summed E-state index contributed by atoms with van der Waals surface area (Å²) in [6.45, 7) is -0.205. The fourth-order valence-corrected chi connectivity index (χ4v) is 3.15. The molecule has 0 fully saturated rings. The third kappa shape index (κ3) is 4.21. The summed E-state index contributed by atoms with van der Waals surface area (Å²) >= 11 is 0. The van der Waals surface area contributed by atoms with Gasteiger partial charge in [-0.05, 0) is 25.1 Å². The third-order valence-electron chi connectivity index (χ3n) is 4.47. The number of fused-ring (bicyclic) bond motifs is 1. The average Bonchev–Trinajstić information content (AvgIpc) is 2.96. The van der Waals surface area contributed by atoms with E-state index in [1.165, 1.54) is 6.07 Å². The van der Waals surface area contributed by atoms with Gasteiger partial charge in [-0.15, -0.1) is 0 Å². The number of aromatic nitrogens is 2. The zero-order valence-corrected chi connectivity index (χ0v) is 15.4. The molecule has 1 aromatic heterocycles. The zero-order chi connectivity index (χ0) is 20.1. The van der Waals surface area contributed by atoms with E-state index in [1.54, 1.807) is 27.3 Å². The molecule has 148 valence electrons. The molecule has 3 rings (SSSR count). The fourth-order valence-electron chi connectivity index (χ4n) is 3.15. The molecule has 0 saturated carbocycles. The molecule has 2 aromatic carbocycles. The van der Waals surface area contributed by atoms with E-state index in [0.29, 0.717) is 12.1 Å². The minimum Gasteiger partial charge on any atom is -0.434 e. The van der Waals surface area contributed by atoms with Crippen LogP contribution >= 0.6 is 0 Å². The van der Waals surface area contributed by atoms with Gasteiger partial charge in [-0.1, -0.05) is 30.3 Å². The Bertz CT molecular complexity index is 1030. The molecule has 1 N–H and O–H groups in total. The number of benzene rings is 2. The average molecular weight is 389 g/mol. The van der Waals surface area contributed by atoms with Gasteiger partial charge in [-0.3, -0.25) is 13.9 Å². The van der Waals surface area contributed by atoms with Gasteiger partial charge < -0.3 is 10.1 Å². The lowest BCUT2D eigenvalue weighted by atomic mass is 10.2. The van der Waals surface area contributed by atoms with Crippen LogP contribution < -0.4 is 15.7 Å². The summed E-state index contributed by atoms with van der Waals surface area (Å²) in [6.07, 6.45) is 0.0928. The highest BCUT2D eigenvalue weighted by Gasteiger charge is 2.13. The Labute approximate surface area is 160 Å². The van der Waals surface area contributed by atoms with Gasteiger partial charge in [0.1, 0.15) is 5.75 Å². The van der Waals surface area contributed by atoms with E-state index in [0.717, 1.165) is 11.0 Å². The third-order valence-corrected chi connectivity index (χ3v) is 4.47. The van der Waals surface area contributed by atoms with Gasteiger partial charge in [0.2, 0.25) is 5.91 Å². The number of nitrogens with zero attached hydrogens (tertiary/aromatic N) is 2. The maximum absolute atomic E-state index is 12.6. The Hall–Kier alpha value is -3.16. The molecule has 0 unspecified atom stereocenters. The minimum absolute atomic E-state index is 0.0278. The van der Waals surface area contributed by atoms with E-state index in [1.807, 2.05) is 31.2 Å². The number of carbonyl (C=O) groups is 1. The molecule has 0 spiro atoms. The molecule has 0 bridgehead atoms. The van der Waals surface area contributed by atoms with Gasteiger partial charge >= 0.3 is 12.3 Å². The van der Waals surface area contributed by atoms with Crippen molar-refractivity contribution < 1.29 is 18.3 Å². The van der Waals surface area contributed by atoms with Crippen molar-refractivity contribution in [3.63, 3.8) is 0 Å². The number of aryl methyl sites for hydroxylation is 2. The van der Waals surface area contributed by atoms with Crippen molar-refractivity contribution in [3.05, 3.63) is 64.6 Å². The van der Waals surface area contributed by atoms with Crippen molar-refractivity contribution in [3.8, 4) is 5.75 Å². The predicted molar refractivity (Wildman–Crippen MR) is 101 cm³/mol. The first kappa shape index (κ1) is 19.6. The number of para-hydroxylation sites is 3. The van der Waals surface area contributed by atoms with Crippen LogP contribution in [0.1, 0.15) is 18.9 Å². The second-order valence-electron chi connectivity index (χ2n) is 6.18. The maximum atomic E-state index is 12.6. The summed E-state index contributed by atoms with van der Waals surface area (Å²) in [4.78, 5) is 24.8. The second-order valence-corrected chi connectivity index (χ2v) is 6.18. The largest absolute Gasteiger partial charge is 0.434 e. The number of hydrogen-bond acceptors (Lipinski definition) is 3. The first-order valence-electron chi connectivity index (χ1n) is 8.98. The van der Waals surface area contributed by atoms with Crippen molar-refractivity contribution >= 4 is 16.9 Å². The summed E-state index contributed by atoms with van der Waals surface area (Å²) in [5, 5.41) is 2.69. The Kier molecular flexibility index (Phi) is 6.08. The lowest BCUT2D eigenvalue weighted by molar-refractivity contribution is -0.121.